The molecular weight excluding hydrogens is 209 g/mol. The topological polar surface area (TPSA) is 42.4 Å². The molecule has 1 N–H and O–H groups in total. The highest BCUT2D eigenvalue weighted by Crippen LogP contribution is 2.26. The van der Waals surface area contributed by atoms with Gasteiger partial charge in [-0.3, -0.25) is 0 Å². The van der Waals surface area contributed by atoms with Crippen LogP contribution in [0.4, 0.5) is 4.39 Å². The molecule has 2 rings (SSSR count). The van der Waals surface area contributed by atoms with E-state index >= 15 is 0 Å². The van der Waals surface area contributed by atoms with Gasteiger partial charge in [0, 0.05) is 11.8 Å². The van der Waals surface area contributed by atoms with Crippen molar-refractivity contribution in [1.29, 1.82) is 0 Å². The number of aromatic nitrogens is 1. The molecule has 1 aromatic rings. The Balaban J connectivity index is 1.97. The van der Waals surface area contributed by atoms with Crippen LogP contribution < -0.4 is 4.74 Å². The maximum absolute atomic E-state index is 13.6. The molecule has 0 amide bonds. The van der Waals surface area contributed by atoms with E-state index in [0.717, 1.165) is 12.8 Å². The Kier molecular flexibility index (Phi) is 3.72. The molecule has 1 aromatic heterocycles. The fourth-order valence-corrected chi connectivity index (χ4v) is 2.06. The van der Waals surface area contributed by atoms with Crippen molar-refractivity contribution in [3.05, 3.63) is 23.6 Å². The number of aliphatic hydroxyl groups is 1. The van der Waals surface area contributed by atoms with E-state index in [-0.39, 0.29) is 18.1 Å². The summed E-state index contributed by atoms with van der Waals surface area (Å²) < 4.78 is 19.0. The van der Waals surface area contributed by atoms with Crippen molar-refractivity contribution in [3.8, 4) is 5.88 Å². The van der Waals surface area contributed by atoms with Crippen LogP contribution in [-0.2, 0) is 6.61 Å². The van der Waals surface area contributed by atoms with Gasteiger partial charge in [0.25, 0.3) is 5.88 Å². The summed E-state index contributed by atoms with van der Waals surface area (Å²) >= 11 is 0. The first-order valence-corrected chi connectivity index (χ1v) is 5.68. The van der Waals surface area contributed by atoms with Crippen LogP contribution in [0.3, 0.4) is 0 Å². The fraction of sp³-hybridized carbons (Fsp3) is 0.583. The molecule has 0 aromatic carbocycles. The molecule has 1 saturated carbocycles. The Morgan fingerprint density at radius 1 is 1.44 bits per heavy atom. The van der Waals surface area contributed by atoms with Crippen LogP contribution in [0.5, 0.6) is 5.88 Å². The van der Waals surface area contributed by atoms with Crippen LogP contribution >= 0.6 is 0 Å². The molecule has 3 nitrogen and oxygen atoms in total. The Morgan fingerprint density at radius 3 is 2.88 bits per heavy atom. The van der Waals surface area contributed by atoms with Gasteiger partial charge in [-0.05, 0) is 24.8 Å². The van der Waals surface area contributed by atoms with Crippen molar-refractivity contribution in [3.63, 3.8) is 0 Å². The van der Waals surface area contributed by atoms with Crippen molar-refractivity contribution >= 4 is 0 Å². The molecule has 0 atom stereocenters. The summed E-state index contributed by atoms with van der Waals surface area (Å²) in [6.07, 6.45) is 6.24. The quantitative estimate of drug-likeness (QED) is 0.854. The number of nitrogens with zero attached hydrogens (tertiary/aromatic N) is 1. The van der Waals surface area contributed by atoms with Gasteiger partial charge in [-0.2, -0.15) is 0 Å². The minimum absolute atomic E-state index is 0.0125. The van der Waals surface area contributed by atoms with Crippen LogP contribution in [0.1, 0.15) is 31.2 Å². The van der Waals surface area contributed by atoms with Crippen LogP contribution in [0.25, 0.3) is 0 Å². The van der Waals surface area contributed by atoms with E-state index in [1.165, 1.54) is 25.1 Å². The lowest BCUT2D eigenvalue weighted by Gasteiger charge is -2.11. The molecule has 0 unspecified atom stereocenters. The normalized spacial score (nSPS) is 16.6. The van der Waals surface area contributed by atoms with E-state index in [4.69, 9.17) is 9.84 Å². The first kappa shape index (κ1) is 11.3. The maximum atomic E-state index is 13.6. The number of aliphatic hydroxyl groups excluding tert-OH is 1. The zero-order valence-electron chi connectivity index (χ0n) is 9.16. The van der Waals surface area contributed by atoms with E-state index < -0.39 is 5.82 Å². The minimum atomic E-state index is -0.539. The monoisotopic (exact) mass is 225 g/mol. The molecule has 1 aliphatic carbocycles. The Labute approximate surface area is 94.3 Å². The lowest BCUT2D eigenvalue weighted by Crippen LogP contribution is -2.10. The first-order valence-electron chi connectivity index (χ1n) is 5.68. The standard InChI is InChI=1S/C12H16FNO2/c13-11-10(7-15)5-6-14-12(11)16-8-9-3-1-2-4-9/h5-6,9,15H,1-4,7-8H2. The highest BCUT2D eigenvalue weighted by Gasteiger charge is 2.17. The molecule has 0 bridgehead atoms. The second kappa shape index (κ2) is 5.25. The molecule has 0 saturated heterocycles. The van der Waals surface area contributed by atoms with Gasteiger partial charge >= 0.3 is 0 Å². The highest BCUT2D eigenvalue weighted by molar-refractivity contribution is 5.22. The summed E-state index contributed by atoms with van der Waals surface area (Å²) in [5.41, 5.74) is 0.233. The minimum Gasteiger partial charge on any atom is -0.475 e. The molecule has 4 heteroatoms. The fourth-order valence-electron chi connectivity index (χ4n) is 2.06. The summed E-state index contributed by atoms with van der Waals surface area (Å²) in [6, 6.07) is 1.46. The summed E-state index contributed by atoms with van der Waals surface area (Å²) in [6.45, 7) is 0.201. The number of halogens is 1. The van der Waals surface area contributed by atoms with Gasteiger partial charge < -0.3 is 9.84 Å². The molecule has 1 heterocycles. The van der Waals surface area contributed by atoms with Crippen LogP contribution in [-0.4, -0.2) is 16.7 Å². The smallest absolute Gasteiger partial charge is 0.250 e. The van der Waals surface area contributed by atoms with E-state index in [0.29, 0.717) is 12.5 Å². The molecule has 0 radical (unpaired) electrons. The second-order valence-electron chi connectivity index (χ2n) is 4.21. The van der Waals surface area contributed by atoms with Gasteiger partial charge in [0.05, 0.1) is 13.2 Å². The summed E-state index contributed by atoms with van der Waals surface area (Å²) in [5, 5.41) is 8.90. The van der Waals surface area contributed by atoms with Gasteiger partial charge in [0.1, 0.15) is 0 Å². The molecule has 0 aliphatic heterocycles. The van der Waals surface area contributed by atoms with Gasteiger partial charge in [-0.1, -0.05) is 12.8 Å². The molecule has 0 spiro atoms. The van der Waals surface area contributed by atoms with Crippen molar-refractivity contribution in [1.82, 2.24) is 4.98 Å². The van der Waals surface area contributed by atoms with E-state index in [1.54, 1.807) is 0 Å². The second-order valence-corrected chi connectivity index (χ2v) is 4.21. The third-order valence-corrected chi connectivity index (χ3v) is 3.04. The van der Waals surface area contributed by atoms with E-state index in [9.17, 15) is 4.39 Å². The van der Waals surface area contributed by atoms with E-state index in [1.807, 2.05) is 0 Å². The number of ether oxygens (including phenoxy) is 1. The third kappa shape index (κ3) is 2.50. The molecule has 1 aliphatic rings. The molecular formula is C12H16FNO2. The van der Waals surface area contributed by atoms with Gasteiger partial charge in [-0.25, -0.2) is 9.37 Å². The zero-order valence-corrected chi connectivity index (χ0v) is 9.16. The Bertz CT molecular complexity index is 351. The van der Waals surface area contributed by atoms with Crippen LogP contribution in [0, 0.1) is 11.7 Å². The summed E-state index contributed by atoms with van der Waals surface area (Å²) in [4.78, 5) is 3.84. The lowest BCUT2D eigenvalue weighted by atomic mass is 10.1. The number of pyridine rings is 1. The lowest BCUT2D eigenvalue weighted by molar-refractivity contribution is 0.227. The third-order valence-electron chi connectivity index (χ3n) is 3.04. The summed E-state index contributed by atoms with van der Waals surface area (Å²) in [5.74, 6) is 0.000398. The van der Waals surface area contributed by atoms with Gasteiger partial charge in [0.15, 0.2) is 5.82 Å². The number of rotatable bonds is 4. The zero-order chi connectivity index (χ0) is 11.4. The van der Waals surface area contributed by atoms with Crippen molar-refractivity contribution in [2.24, 2.45) is 5.92 Å². The Hall–Kier alpha value is -1.16. The van der Waals surface area contributed by atoms with Crippen LogP contribution in [0.2, 0.25) is 0 Å². The van der Waals surface area contributed by atoms with E-state index in [2.05, 4.69) is 4.98 Å². The van der Waals surface area contributed by atoms with Crippen molar-refractivity contribution < 1.29 is 14.2 Å². The van der Waals surface area contributed by atoms with Gasteiger partial charge in [-0.15, -0.1) is 0 Å². The van der Waals surface area contributed by atoms with Crippen LogP contribution in [0.15, 0.2) is 12.3 Å². The number of hydrogen-bond donors (Lipinski definition) is 1. The first-order chi connectivity index (χ1) is 7.81. The maximum Gasteiger partial charge on any atom is 0.250 e. The SMILES string of the molecule is OCc1ccnc(OCC2CCCC2)c1F. The Morgan fingerprint density at radius 2 is 2.19 bits per heavy atom. The average Bonchev–Trinajstić information content (AvgIpc) is 2.81. The van der Waals surface area contributed by atoms with Gasteiger partial charge in [0.2, 0.25) is 0 Å². The largest absolute Gasteiger partial charge is 0.475 e. The van der Waals surface area contributed by atoms with Crippen molar-refractivity contribution in [2.45, 2.75) is 32.3 Å². The molecule has 88 valence electrons. The average molecular weight is 225 g/mol. The molecule has 16 heavy (non-hydrogen) atoms. The summed E-state index contributed by atoms with van der Waals surface area (Å²) in [7, 11) is 0. The predicted octanol–water partition coefficient (Wildman–Crippen LogP) is 2.28. The number of hydrogen-bond acceptors (Lipinski definition) is 3. The highest BCUT2D eigenvalue weighted by atomic mass is 19.1. The molecule has 1 fully saturated rings. The van der Waals surface area contributed by atoms with Crippen molar-refractivity contribution in [2.75, 3.05) is 6.61 Å². The predicted molar refractivity (Wildman–Crippen MR) is 57.6 cm³/mol.